The first-order valence-corrected chi connectivity index (χ1v) is 11.4. The fraction of sp³-hybridized carbons (Fsp3) is 1.00. The molecule has 162 valence electrons. The molecule has 0 N–H and O–H groups in total. The lowest BCUT2D eigenvalue weighted by Crippen LogP contribution is -2.55. The Labute approximate surface area is 168 Å². The summed E-state index contributed by atoms with van der Waals surface area (Å²) in [5.41, 5.74) is -0.606. The molecule has 1 saturated carbocycles. The molecule has 5 atom stereocenters. The minimum absolute atomic E-state index is 0.187. The van der Waals surface area contributed by atoms with Crippen molar-refractivity contribution >= 4 is 0 Å². The molecular weight excluding hydrogens is 340 g/mol. The molecule has 0 saturated heterocycles. The second-order valence-corrected chi connectivity index (χ2v) is 9.41. The van der Waals surface area contributed by atoms with Gasteiger partial charge in [0.25, 0.3) is 0 Å². The molecular formula is C23H46O4. The largest absolute Gasteiger partial charge is 0.239 e. The Hall–Kier alpha value is -0.160. The Balaban J connectivity index is 3.06. The van der Waals surface area contributed by atoms with Crippen LogP contribution in [-0.4, -0.2) is 17.0 Å². The second kappa shape index (κ2) is 10.6. The Morgan fingerprint density at radius 2 is 1.22 bits per heavy atom. The van der Waals surface area contributed by atoms with Gasteiger partial charge in [-0.3, -0.25) is 0 Å². The summed E-state index contributed by atoms with van der Waals surface area (Å²) < 4.78 is 0. The number of hydrogen-bond donors (Lipinski definition) is 0. The van der Waals surface area contributed by atoms with Crippen LogP contribution in [0.4, 0.5) is 0 Å². The fourth-order valence-electron chi connectivity index (χ4n) is 4.08. The Morgan fingerprint density at radius 3 is 1.59 bits per heavy atom. The Morgan fingerprint density at radius 1 is 0.778 bits per heavy atom. The lowest BCUT2D eigenvalue weighted by molar-refractivity contribution is -0.571. The highest BCUT2D eigenvalue weighted by Crippen LogP contribution is 2.47. The molecule has 27 heavy (non-hydrogen) atoms. The minimum Gasteiger partial charge on any atom is -0.227 e. The second-order valence-electron chi connectivity index (χ2n) is 9.41. The van der Waals surface area contributed by atoms with Crippen molar-refractivity contribution in [3.05, 3.63) is 0 Å². The van der Waals surface area contributed by atoms with E-state index in [0.717, 1.165) is 44.9 Å². The summed E-state index contributed by atoms with van der Waals surface area (Å²) in [6.45, 7) is 19.6. The summed E-state index contributed by atoms with van der Waals surface area (Å²) in [5, 5.41) is 0. The quantitative estimate of drug-likeness (QED) is 0.201. The van der Waals surface area contributed by atoms with E-state index in [9.17, 15) is 0 Å². The van der Waals surface area contributed by atoms with Gasteiger partial charge in [0.15, 0.2) is 0 Å². The molecule has 4 heteroatoms. The number of rotatable bonds is 12. The van der Waals surface area contributed by atoms with E-state index in [-0.39, 0.29) is 23.0 Å². The molecule has 0 aromatic heterocycles. The summed E-state index contributed by atoms with van der Waals surface area (Å²) in [6.07, 6.45) is 8.07. The van der Waals surface area contributed by atoms with Gasteiger partial charge in [0.1, 0.15) is 11.2 Å². The maximum atomic E-state index is 6.24. The summed E-state index contributed by atoms with van der Waals surface area (Å²) in [6, 6.07) is 0. The van der Waals surface area contributed by atoms with Gasteiger partial charge in [-0.15, -0.1) is 0 Å². The molecule has 0 bridgehead atoms. The molecule has 1 rings (SSSR count). The maximum absolute atomic E-state index is 6.24. The van der Waals surface area contributed by atoms with Crippen molar-refractivity contribution in [3.8, 4) is 0 Å². The van der Waals surface area contributed by atoms with Gasteiger partial charge in [0.2, 0.25) is 5.79 Å². The van der Waals surface area contributed by atoms with E-state index in [0.29, 0.717) is 5.92 Å². The van der Waals surface area contributed by atoms with Gasteiger partial charge >= 0.3 is 0 Å². The van der Waals surface area contributed by atoms with Gasteiger partial charge in [-0.05, 0) is 58.3 Å². The van der Waals surface area contributed by atoms with Crippen LogP contribution in [0.25, 0.3) is 0 Å². The highest BCUT2D eigenvalue weighted by atomic mass is 17.3. The molecule has 0 amide bonds. The van der Waals surface area contributed by atoms with Crippen molar-refractivity contribution in [1.29, 1.82) is 0 Å². The van der Waals surface area contributed by atoms with Crippen molar-refractivity contribution < 1.29 is 19.6 Å². The van der Waals surface area contributed by atoms with Crippen LogP contribution in [0.1, 0.15) is 114 Å². The van der Waals surface area contributed by atoms with Gasteiger partial charge < -0.3 is 0 Å². The van der Waals surface area contributed by atoms with Crippen LogP contribution in [0, 0.1) is 17.8 Å². The van der Waals surface area contributed by atoms with Crippen molar-refractivity contribution in [2.24, 2.45) is 17.8 Å². The van der Waals surface area contributed by atoms with Crippen LogP contribution in [0.15, 0.2) is 0 Å². The predicted octanol–water partition coefficient (Wildman–Crippen LogP) is 7.22. The molecule has 4 nitrogen and oxygen atoms in total. The van der Waals surface area contributed by atoms with E-state index in [2.05, 4.69) is 62.3 Å². The highest BCUT2D eigenvalue weighted by Gasteiger charge is 2.53. The van der Waals surface area contributed by atoms with E-state index in [1.165, 1.54) is 6.42 Å². The minimum atomic E-state index is -0.869. The van der Waals surface area contributed by atoms with Gasteiger partial charge in [-0.2, -0.15) is 9.78 Å². The molecule has 0 spiro atoms. The van der Waals surface area contributed by atoms with Gasteiger partial charge in [0, 0.05) is 11.8 Å². The van der Waals surface area contributed by atoms with Crippen molar-refractivity contribution in [2.45, 2.75) is 131 Å². The summed E-state index contributed by atoms with van der Waals surface area (Å²) in [4.78, 5) is 24.7. The average molecular weight is 387 g/mol. The standard InChI is InChI=1S/C23H46O4/c1-10-16-21(8,12-3)24-26-23(19(6)15-14-18(5)20(23)7)27-25-22(9,13-4)17-11-2/h18-20H,10-17H2,1-9H3. The van der Waals surface area contributed by atoms with Crippen LogP contribution >= 0.6 is 0 Å². The first-order chi connectivity index (χ1) is 12.6. The summed E-state index contributed by atoms with van der Waals surface area (Å²) in [5.74, 6) is 0.0128. The van der Waals surface area contributed by atoms with E-state index >= 15 is 0 Å². The zero-order valence-corrected chi connectivity index (χ0v) is 19.5. The third kappa shape index (κ3) is 6.16. The topological polar surface area (TPSA) is 36.9 Å². The molecule has 0 heterocycles. The lowest BCUT2D eigenvalue weighted by Gasteiger charge is -2.48. The monoisotopic (exact) mass is 386 g/mol. The SMILES string of the molecule is CCCC(C)(CC)OOC1(OOC(C)(CC)CCC)C(C)CCC(C)C1C. The van der Waals surface area contributed by atoms with E-state index in [1.807, 2.05) is 0 Å². The molecule has 0 radical (unpaired) electrons. The first kappa shape index (κ1) is 24.9. The maximum Gasteiger partial charge on any atom is 0.239 e. The van der Waals surface area contributed by atoms with Crippen LogP contribution in [-0.2, 0) is 19.6 Å². The van der Waals surface area contributed by atoms with Gasteiger partial charge in [-0.25, -0.2) is 9.78 Å². The van der Waals surface area contributed by atoms with Crippen LogP contribution < -0.4 is 0 Å². The average Bonchev–Trinajstić information content (AvgIpc) is 2.65. The fourth-order valence-corrected chi connectivity index (χ4v) is 4.08. The van der Waals surface area contributed by atoms with E-state index in [1.54, 1.807) is 0 Å². The van der Waals surface area contributed by atoms with E-state index in [4.69, 9.17) is 19.6 Å². The van der Waals surface area contributed by atoms with Crippen LogP contribution in [0.2, 0.25) is 0 Å². The van der Waals surface area contributed by atoms with Crippen molar-refractivity contribution in [1.82, 2.24) is 0 Å². The van der Waals surface area contributed by atoms with Crippen molar-refractivity contribution in [2.75, 3.05) is 0 Å². The molecule has 1 aliphatic carbocycles. The smallest absolute Gasteiger partial charge is 0.227 e. The van der Waals surface area contributed by atoms with Crippen LogP contribution in [0.3, 0.4) is 0 Å². The van der Waals surface area contributed by atoms with Gasteiger partial charge in [-0.1, -0.05) is 61.3 Å². The summed E-state index contributed by atoms with van der Waals surface area (Å²) >= 11 is 0. The van der Waals surface area contributed by atoms with Gasteiger partial charge in [0.05, 0.1) is 0 Å². The Bertz CT molecular complexity index is 403. The highest BCUT2D eigenvalue weighted by molar-refractivity contribution is 4.89. The number of hydrogen-bond acceptors (Lipinski definition) is 4. The lowest BCUT2D eigenvalue weighted by atomic mass is 9.71. The van der Waals surface area contributed by atoms with Crippen molar-refractivity contribution in [3.63, 3.8) is 0 Å². The van der Waals surface area contributed by atoms with Crippen LogP contribution in [0.5, 0.6) is 0 Å². The molecule has 5 unspecified atom stereocenters. The molecule has 0 aliphatic heterocycles. The van der Waals surface area contributed by atoms with E-state index < -0.39 is 5.79 Å². The third-order valence-corrected chi connectivity index (χ3v) is 7.03. The zero-order valence-electron chi connectivity index (χ0n) is 19.5. The normalized spacial score (nSPS) is 33.4. The molecule has 1 aliphatic rings. The predicted molar refractivity (Wildman–Crippen MR) is 111 cm³/mol. The molecule has 0 aromatic rings. The molecule has 0 aromatic carbocycles. The first-order valence-electron chi connectivity index (χ1n) is 11.4. The summed E-state index contributed by atoms with van der Waals surface area (Å²) in [7, 11) is 0. The molecule has 1 fully saturated rings. The Kier molecular flexibility index (Phi) is 9.74. The third-order valence-electron chi connectivity index (χ3n) is 7.03. The zero-order chi connectivity index (χ0) is 20.7.